The van der Waals surface area contributed by atoms with Gasteiger partial charge >= 0.3 is 0 Å². The molecule has 0 aliphatic heterocycles. The molecule has 0 amide bonds. The molecule has 1 saturated carbocycles. The van der Waals surface area contributed by atoms with Gasteiger partial charge < -0.3 is 4.18 Å². The van der Waals surface area contributed by atoms with Crippen LogP contribution in [0.5, 0.6) is 0 Å². The first-order valence-electron chi connectivity index (χ1n) is 4.52. The number of rotatable bonds is 1. The van der Waals surface area contributed by atoms with E-state index in [1.165, 1.54) is 23.3 Å². The summed E-state index contributed by atoms with van der Waals surface area (Å²) in [5.41, 5.74) is 1.45. The van der Waals surface area contributed by atoms with Gasteiger partial charge in [0.15, 0.2) is 0 Å². The van der Waals surface area contributed by atoms with Crippen molar-refractivity contribution < 1.29 is 4.18 Å². The Morgan fingerprint density at radius 1 is 1.54 bits per heavy atom. The second-order valence-electron chi connectivity index (χ2n) is 4.09. The molecule has 0 bridgehead atoms. The van der Waals surface area contributed by atoms with Crippen molar-refractivity contribution in [2.45, 2.75) is 33.1 Å². The summed E-state index contributed by atoms with van der Waals surface area (Å²) in [7, 11) is 1.36. The minimum absolute atomic E-state index is 0.218. The molecule has 3 heteroatoms. The molecule has 0 radical (unpaired) electrons. The van der Waals surface area contributed by atoms with Crippen molar-refractivity contribution in [2.75, 3.05) is 7.11 Å². The summed E-state index contributed by atoms with van der Waals surface area (Å²) in [6, 6.07) is 0. The third-order valence-electron chi connectivity index (χ3n) is 2.55. The van der Waals surface area contributed by atoms with E-state index in [0.29, 0.717) is 0 Å². The third kappa shape index (κ3) is 2.39. The molecule has 0 saturated heterocycles. The monoisotopic (exact) mass is 218 g/mol. The summed E-state index contributed by atoms with van der Waals surface area (Å²) in [5, 5.41) is 0. The zero-order valence-electron chi connectivity index (χ0n) is 8.59. The van der Waals surface area contributed by atoms with E-state index in [9.17, 15) is 0 Å². The van der Waals surface area contributed by atoms with E-state index in [1.54, 1.807) is 7.11 Å². The molecule has 1 aliphatic carbocycles. The molecule has 1 aliphatic rings. The molecule has 0 heterocycles. The lowest BCUT2D eigenvalue weighted by atomic mass is 9.75. The van der Waals surface area contributed by atoms with E-state index in [1.807, 2.05) is 0 Å². The van der Waals surface area contributed by atoms with Crippen LogP contribution in [-0.4, -0.2) is 12.0 Å². The van der Waals surface area contributed by atoms with Crippen molar-refractivity contribution >= 4 is 26.3 Å². The van der Waals surface area contributed by atoms with Crippen LogP contribution in [0.3, 0.4) is 0 Å². The van der Waals surface area contributed by atoms with E-state index in [2.05, 4.69) is 32.1 Å². The standard InChI is InChI=1S/C10H18OS2/c1-8-6-5-7-10(2,3)9(8)13(12)11-4/h12H,1,5-7H2,2-4H3. The van der Waals surface area contributed by atoms with Crippen molar-refractivity contribution in [3.63, 3.8) is 0 Å². The van der Waals surface area contributed by atoms with Gasteiger partial charge in [-0.3, -0.25) is 0 Å². The molecular weight excluding hydrogens is 200 g/mol. The summed E-state index contributed by atoms with van der Waals surface area (Å²) in [5.74, 6) is 0. The lowest BCUT2D eigenvalue weighted by Crippen LogP contribution is -2.29. The lowest BCUT2D eigenvalue weighted by molar-refractivity contribution is 0.439. The minimum Gasteiger partial charge on any atom is -0.316 e. The topological polar surface area (TPSA) is 9.23 Å². The van der Waals surface area contributed by atoms with E-state index in [4.69, 9.17) is 4.18 Å². The highest BCUT2D eigenvalue weighted by atomic mass is 33.1. The molecule has 1 fully saturated rings. The Morgan fingerprint density at radius 3 is 2.62 bits per heavy atom. The Balaban J connectivity index is 3.07. The predicted molar refractivity (Wildman–Crippen MR) is 65.4 cm³/mol. The van der Waals surface area contributed by atoms with Crippen LogP contribution in [0.25, 0.3) is 0 Å². The molecule has 1 nitrogen and oxygen atoms in total. The first kappa shape index (κ1) is 11.3. The fourth-order valence-electron chi connectivity index (χ4n) is 1.89. The maximum absolute atomic E-state index is 5.29. The second-order valence-corrected chi connectivity index (χ2v) is 6.32. The first-order chi connectivity index (χ1) is 5.99. The maximum Gasteiger partial charge on any atom is 0.0507 e. The Kier molecular flexibility index (Phi) is 3.66. The van der Waals surface area contributed by atoms with Gasteiger partial charge in [-0.1, -0.05) is 32.1 Å². The van der Waals surface area contributed by atoms with E-state index in [-0.39, 0.29) is 15.2 Å². The van der Waals surface area contributed by atoms with Crippen LogP contribution in [0.15, 0.2) is 12.2 Å². The highest BCUT2D eigenvalue weighted by Crippen LogP contribution is 2.42. The Bertz CT molecular complexity index is 254. The van der Waals surface area contributed by atoms with E-state index >= 15 is 0 Å². The zero-order valence-corrected chi connectivity index (χ0v) is 10.3. The zero-order chi connectivity index (χ0) is 10.1. The highest BCUT2D eigenvalue weighted by Gasteiger charge is 2.31. The Morgan fingerprint density at radius 2 is 2.15 bits per heavy atom. The first-order valence-corrected chi connectivity index (χ1v) is 6.72. The smallest absolute Gasteiger partial charge is 0.0507 e. The quantitative estimate of drug-likeness (QED) is 0.306. The number of hydrogen-bond acceptors (Lipinski definition) is 2. The largest absolute Gasteiger partial charge is 0.316 e. The van der Waals surface area contributed by atoms with Crippen LogP contribution in [0.2, 0.25) is 0 Å². The van der Waals surface area contributed by atoms with Crippen molar-refractivity contribution in [2.24, 2.45) is 5.41 Å². The predicted octanol–water partition coefficient (Wildman–Crippen LogP) is 3.60. The minimum atomic E-state index is -0.351. The molecule has 0 spiro atoms. The average molecular weight is 218 g/mol. The van der Waals surface area contributed by atoms with Gasteiger partial charge in [-0.25, -0.2) is 0 Å². The van der Waals surface area contributed by atoms with Crippen molar-refractivity contribution in [1.82, 2.24) is 0 Å². The maximum atomic E-state index is 5.29. The Labute approximate surface area is 88.5 Å². The van der Waals surface area contributed by atoms with Gasteiger partial charge in [-0.05, 0) is 30.3 Å². The summed E-state index contributed by atoms with van der Waals surface area (Å²) >= 11 is 4.45. The molecule has 13 heavy (non-hydrogen) atoms. The van der Waals surface area contributed by atoms with Crippen LogP contribution in [0, 0.1) is 5.41 Å². The molecule has 0 aromatic carbocycles. The molecular formula is C10H18OS2. The van der Waals surface area contributed by atoms with Crippen LogP contribution in [0.4, 0.5) is 0 Å². The number of thiol groups is 1. The summed E-state index contributed by atoms with van der Waals surface area (Å²) in [4.78, 5) is 1.31. The molecule has 1 rings (SSSR count). The molecule has 0 aromatic rings. The lowest BCUT2D eigenvalue weighted by Gasteiger charge is -2.34. The molecule has 76 valence electrons. The third-order valence-corrected chi connectivity index (χ3v) is 5.05. The molecule has 0 N–H and O–H groups in total. The molecule has 1 unspecified atom stereocenters. The summed E-state index contributed by atoms with van der Waals surface area (Å²) < 4.78 is 5.29. The van der Waals surface area contributed by atoms with E-state index in [0.717, 1.165) is 6.42 Å². The Hall–Kier alpha value is 0.270. The molecule has 0 aromatic heterocycles. The van der Waals surface area contributed by atoms with Gasteiger partial charge in [0.2, 0.25) is 0 Å². The second kappa shape index (κ2) is 4.20. The van der Waals surface area contributed by atoms with Crippen molar-refractivity contribution in [3.8, 4) is 0 Å². The van der Waals surface area contributed by atoms with Gasteiger partial charge in [0, 0.05) is 14.7 Å². The van der Waals surface area contributed by atoms with Crippen molar-refractivity contribution in [1.29, 1.82) is 0 Å². The number of allylic oxidation sites excluding steroid dienone is 1. The van der Waals surface area contributed by atoms with Gasteiger partial charge in [-0.15, -0.1) is 0 Å². The average Bonchev–Trinajstić information content (AvgIpc) is 2.02. The summed E-state index contributed by atoms with van der Waals surface area (Å²) in [6.07, 6.45) is 3.56. The van der Waals surface area contributed by atoms with Gasteiger partial charge in [-0.2, -0.15) is 0 Å². The normalized spacial score (nSPS) is 27.4. The van der Waals surface area contributed by atoms with Crippen LogP contribution >= 0.6 is 21.5 Å². The highest BCUT2D eigenvalue weighted by molar-refractivity contribution is 8.74. The van der Waals surface area contributed by atoms with Crippen molar-refractivity contribution in [3.05, 3.63) is 12.2 Å². The fraction of sp³-hybridized carbons (Fsp3) is 0.700. The van der Waals surface area contributed by atoms with Crippen LogP contribution < -0.4 is 0 Å². The molecule has 1 atom stereocenters. The SMILES string of the molecule is C=C1CCCC(C)(C)/C1=S(\S)OC. The fourth-order valence-corrected chi connectivity index (χ4v) is 4.11. The van der Waals surface area contributed by atoms with Gasteiger partial charge in [0.1, 0.15) is 0 Å². The van der Waals surface area contributed by atoms with Gasteiger partial charge in [0.25, 0.3) is 0 Å². The van der Waals surface area contributed by atoms with Gasteiger partial charge in [0.05, 0.1) is 7.11 Å². The van der Waals surface area contributed by atoms with Crippen LogP contribution in [-0.2, 0) is 4.18 Å². The number of hydrogen-bond donors (Lipinski definition) is 1. The van der Waals surface area contributed by atoms with E-state index < -0.39 is 0 Å². The van der Waals surface area contributed by atoms with Crippen LogP contribution in [0.1, 0.15) is 33.1 Å². The summed E-state index contributed by atoms with van der Waals surface area (Å²) in [6.45, 7) is 8.61.